The molecule has 0 aliphatic heterocycles. The van der Waals surface area contributed by atoms with E-state index < -0.39 is 27.4 Å². The molecule has 29 heavy (non-hydrogen) atoms. The van der Waals surface area contributed by atoms with Gasteiger partial charge >= 0.3 is 0 Å². The zero-order valence-corrected chi connectivity index (χ0v) is 17.5. The predicted octanol–water partition coefficient (Wildman–Crippen LogP) is 2.86. The zero-order chi connectivity index (χ0) is 21.8. The summed E-state index contributed by atoms with van der Waals surface area (Å²) in [5, 5.41) is 15.0. The van der Waals surface area contributed by atoms with Crippen molar-refractivity contribution in [2.24, 2.45) is 5.10 Å². The minimum absolute atomic E-state index is 0.0636. The SMILES string of the molecule is C/C(=N/NC(=O)CN(c1cc(Cl)ccc1C)S(C)(=O)=O)c1ccc([N+](=O)[O-])cc1. The zero-order valence-electron chi connectivity index (χ0n) is 15.9. The van der Waals surface area contributed by atoms with Gasteiger partial charge < -0.3 is 0 Å². The van der Waals surface area contributed by atoms with Crippen LogP contribution in [0, 0.1) is 17.0 Å². The largest absolute Gasteiger partial charge is 0.271 e. The number of halogens is 1. The predicted molar refractivity (Wildman–Crippen MR) is 112 cm³/mol. The molecule has 0 unspecified atom stereocenters. The minimum atomic E-state index is -3.75. The number of hydrazone groups is 1. The van der Waals surface area contributed by atoms with Gasteiger partial charge in [-0.3, -0.25) is 19.2 Å². The molecule has 0 spiro atoms. The average molecular weight is 439 g/mol. The number of carbonyl (C=O) groups is 1. The van der Waals surface area contributed by atoms with Gasteiger partial charge in [-0.15, -0.1) is 0 Å². The van der Waals surface area contributed by atoms with Crippen LogP contribution in [0.2, 0.25) is 5.02 Å². The second-order valence-corrected chi connectivity index (χ2v) is 8.58. The van der Waals surface area contributed by atoms with Crippen LogP contribution in [-0.4, -0.2) is 37.8 Å². The Morgan fingerprint density at radius 3 is 2.41 bits per heavy atom. The summed E-state index contributed by atoms with van der Waals surface area (Å²) in [6, 6.07) is 10.4. The van der Waals surface area contributed by atoms with Crippen LogP contribution in [-0.2, 0) is 14.8 Å². The molecule has 0 saturated carbocycles. The van der Waals surface area contributed by atoms with Crippen LogP contribution in [0.3, 0.4) is 0 Å². The van der Waals surface area contributed by atoms with Crippen LogP contribution in [0.25, 0.3) is 0 Å². The van der Waals surface area contributed by atoms with E-state index in [9.17, 15) is 23.3 Å². The number of carbonyl (C=O) groups excluding carboxylic acids is 1. The number of nitrogens with one attached hydrogen (secondary N) is 1. The quantitative estimate of drug-likeness (QED) is 0.404. The Labute approximate surface area is 173 Å². The van der Waals surface area contributed by atoms with Crippen molar-refractivity contribution in [1.29, 1.82) is 0 Å². The van der Waals surface area contributed by atoms with E-state index >= 15 is 0 Å². The molecule has 1 amide bonds. The molecule has 0 atom stereocenters. The molecule has 1 N–H and O–H groups in total. The summed E-state index contributed by atoms with van der Waals surface area (Å²) in [4.78, 5) is 22.5. The number of benzene rings is 2. The van der Waals surface area contributed by atoms with E-state index in [-0.39, 0.29) is 5.69 Å². The van der Waals surface area contributed by atoms with E-state index in [2.05, 4.69) is 10.5 Å². The molecule has 2 rings (SSSR count). The number of hydrogen-bond acceptors (Lipinski definition) is 6. The molecular weight excluding hydrogens is 420 g/mol. The number of non-ortho nitro benzene ring substituents is 1. The monoisotopic (exact) mass is 438 g/mol. The number of amides is 1. The van der Waals surface area contributed by atoms with Crippen molar-refractivity contribution in [2.75, 3.05) is 17.1 Å². The average Bonchev–Trinajstić information content (AvgIpc) is 2.65. The number of anilines is 1. The highest BCUT2D eigenvalue weighted by Crippen LogP contribution is 2.26. The first-order chi connectivity index (χ1) is 13.5. The van der Waals surface area contributed by atoms with Crippen LogP contribution >= 0.6 is 11.6 Å². The first-order valence-corrected chi connectivity index (χ1v) is 10.5. The van der Waals surface area contributed by atoms with Crippen molar-refractivity contribution in [3.8, 4) is 0 Å². The molecule has 154 valence electrons. The van der Waals surface area contributed by atoms with Crippen molar-refractivity contribution in [1.82, 2.24) is 5.43 Å². The second kappa shape index (κ2) is 9.01. The van der Waals surface area contributed by atoms with E-state index in [1.807, 2.05) is 0 Å². The number of nitro benzene ring substituents is 1. The van der Waals surface area contributed by atoms with Crippen molar-refractivity contribution in [2.45, 2.75) is 13.8 Å². The third kappa shape index (κ3) is 6.00. The summed E-state index contributed by atoms with van der Waals surface area (Å²) in [5.41, 5.74) is 4.14. The fourth-order valence-corrected chi connectivity index (χ4v) is 3.51. The van der Waals surface area contributed by atoms with Gasteiger partial charge in [-0.25, -0.2) is 13.8 Å². The van der Waals surface area contributed by atoms with E-state index in [0.29, 0.717) is 27.5 Å². The lowest BCUT2D eigenvalue weighted by Crippen LogP contribution is -2.39. The van der Waals surface area contributed by atoms with Gasteiger partial charge in [0.1, 0.15) is 6.54 Å². The molecule has 0 saturated heterocycles. The Kier molecular flexibility index (Phi) is 6.93. The van der Waals surface area contributed by atoms with Gasteiger partial charge in [-0.05, 0) is 49.2 Å². The Hall–Kier alpha value is -2.98. The molecule has 0 heterocycles. The number of nitrogens with zero attached hydrogens (tertiary/aromatic N) is 3. The lowest BCUT2D eigenvalue weighted by molar-refractivity contribution is -0.384. The highest BCUT2D eigenvalue weighted by atomic mass is 35.5. The van der Waals surface area contributed by atoms with Gasteiger partial charge in [0.05, 0.1) is 22.6 Å². The summed E-state index contributed by atoms with van der Waals surface area (Å²) in [6.07, 6.45) is 0.992. The minimum Gasteiger partial charge on any atom is -0.271 e. The third-order valence-electron chi connectivity index (χ3n) is 3.97. The topological polar surface area (TPSA) is 122 Å². The van der Waals surface area contributed by atoms with Gasteiger partial charge in [-0.2, -0.15) is 5.10 Å². The van der Waals surface area contributed by atoms with Gasteiger partial charge in [-0.1, -0.05) is 17.7 Å². The Balaban J connectivity index is 2.17. The molecule has 9 nitrogen and oxygen atoms in total. The van der Waals surface area contributed by atoms with Crippen LogP contribution < -0.4 is 9.73 Å². The second-order valence-electron chi connectivity index (χ2n) is 6.24. The highest BCUT2D eigenvalue weighted by Gasteiger charge is 2.22. The fraction of sp³-hybridized carbons (Fsp3) is 0.222. The molecule has 2 aromatic carbocycles. The highest BCUT2D eigenvalue weighted by molar-refractivity contribution is 7.92. The van der Waals surface area contributed by atoms with E-state index in [1.54, 1.807) is 26.0 Å². The summed E-state index contributed by atoms with van der Waals surface area (Å²) < 4.78 is 25.3. The summed E-state index contributed by atoms with van der Waals surface area (Å²) >= 11 is 5.96. The molecule has 0 radical (unpaired) electrons. The third-order valence-corrected chi connectivity index (χ3v) is 5.33. The van der Waals surface area contributed by atoms with Crippen molar-refractivity contribution in [3.63, 3.8) is 0 Å². The number of sulfonamides is 1. The van der Waals surface area contributed by atoms with Gasteiger partial charge in [0.2, 0.25) is 10.0 Å². The molecular formula is C18H19ClN4O5S. The van der Waals surface area contributed by atoms with Gasteiger partial charge in [0.15, 0.2) is 0 Å². The van der Waals surface area contributed by atoms with Gasteiger partial charge in [0, 0.05) is 17.2 Å². The lowest BCUT2D eigenvalue weighted by atomic mass is 10.1. The Morgan fingerprint density at radius 2 is 1.86 bits per heavy atom. The number of aryl methyl sites for hydroxylation is 1. The first-order valence-electron chi connectivity index (χ1n) is 8.31. The molecule has 0 aliphatic carbocycles. The van der Waals surface area contributed by atoms with Crippen LogP contribution in [0.1, 0.15) is 18.1 Å². The lowest BCUT2D eigenvalue weighted by Gasteiger charge is -2.23. The summed E-state index contributed by atoms with van der Waals surface area (Å²) in [5.74, 6) is -0.656. The van der Waals surface area contributed by atoms with E-state index in [4.69, 9.17) is 11.6 Å². The van der Waals surface area contributed by atoms with Crippen molar-refractivity contribution >= 4 is 44.6 Å². The number of rotatable bonds is 7. The molecule has 0 fully saturated rings. The Morgan fingerprint density at radius 1 is 1.24 bits per heavy atom. The van der Waals surface area contributed by atoms with Gasteiger partial charge in [0.25, 0.3) is 11.6 Å². The molecule has 2 aromatic rings. The van der Waals surface area contributed by atoms with E-state index in [0.717, 1.165) is 10.6 Å². The van der Waals surface area contributed by atoms with E-state index in [1.165, 1.54) is 30.3 Å². The van der Waals surface area contributed by atoms with Crippen molar-refractivity contribution < 1.29 is 18.1 Å². The standard InChI is InChI=1S/C18H19ClN4O5S/c1-12-4-7-15(19)10-17(12)22(29(3,27)28)11-18(24)21-20-13(2)14-5-8-16(9-6-14)23(25)26/h4-10H,11H2,1-3H3,(H,21,24)/b20-13-. The van der Waals surface area contributed by atoms with Crippen LogP contribution in [0.15, 0.2) is 47.6 Å². The maximum absolute atomic E-state index is 12.3. The maximum Gasteiger partial charge on any atom is 0.269 e. The van der Waals surface area contributed by atoms with Crippen molar-refractivity contribution in [3.05, 3.63) is 68.7 Å². The van der Waals surface area contributed by atoms with Crippen LogP contribution in [0.4, 0.5) is 11.4 Å². The molecule has 0 aromatic heterocycles. The molecule has 11 heteroatoms. The summed E-state index contributed by atoms with van der Waals surface area (Å²) in [7, 11) is -3.75. The van der Waals surface area contributed by atoms with Crippen LogP contribution in [0.5, 0.6) is 0 Å². The summed E-state index contributed by atoms with van der Waals surface area (Å²) in [6.45, 7) is 2.83. The number of hydrogen-bond donors (Lipinski definition) is 1. The fourth-order valence-electron chi connectivity index (χ4n) is 2.43. The number of nitro groups is 1. The smallest absolute Gasteiger partial charge is 0.269 e. The molecule has 0 bridgehead atoms. The molecule has 0 aliphatic rings. The normalized spacial score (nSPS) is 11.8. The maximum atomic E-state index is 12.3. The Bertz CT molecular complexity index is 1070. The first kappa shape index (κ1) is 22.3.